The largest absolute Gasteiger partial charge is 0.349 e. The van der Waals surface area contributed by atoms with Crippen LogP contribution in [0.4, 0.5) is 0 Å². The summed E-state index contributed by atoms with van der Waals surface area (Å²) in [5.74, 6) is 0.960. The monoisotopic (exact) mass is 318 g/mol. The number of benzene rings is 1. The highest BCUT2D eigenvalue weighted by molar-refractivity contribution is 7.99. The van der Waals surface area contributed by atoms with Gasteiger partial charge in [0.1, 0.15) is 6.33 Å². The zero-order valence-electron chi connectivity index (χ0n) is 13.2. The average molecular weight is 318 g/mol. The van der Waals surface area contributed by atoms with Crippen LogP contribution in [0.1, 0.15) is 37.9 Å². The fourth-order valence-corrected chi connectivity index (χ4v) is 2.77. The van der Waals surface area contributed by atoms with Gasteiger partial charge in [-0.1, -0.05) is 49.9 Å². The van der Waals surface area contributed by atoms with Crippen LogP contribution < -0.4 is 5.32 Å². The summed E-state index contributed by atoms with van der Waals surface area (Å²) in [4.78, 5) is 15.9. The summed E-state index contributed by atoms with van der Waals surface area (Å²) in [6, 6.07) is 8.46. The van der Waals surface area contributed by atoms with Crippen LogP contribution in [0, 0.1) is 5.92 Å². The Hall–Kier alpha value is -1.82. The Balaban J connectivity index is 1.83. The molecule has 0 unspecified atom stereocenters. The number of nitrogens with zero attached hydrogens (tertiary/aromatic N) is 2. The first-order valence-corrected chi connectivity index (χ1v) is 8.39. The summed E-state index contributed by atoms with van der Waals surface area (Å²) in [7, 11) is 0. The Morgan fingerprint density at radius 3 is 2.59 bits per heavy atom. The molecule has 1 atom stereocenters. The first-order chi connectivity index (χ1) is 10.5. The quantitative estimate of drug-likeness (QED) is 0.770. The molecule has 0 spiro atoms. The van der Waals surface area contributed by atoms with Crippen molar-refractivity contribution in [1.29, 1.82) is 0 Å². The maximum atomic E-state index is 11.9. The van der Waals surface area contributed by atoms with Crippen molar-refractivity contribution < 1.29 is 4.79 Å². The lowest BCUT2D eigenvalue weighted by Crippen LogP contribution is -2.28. The van der Waals surface area contributed by atoms with E-state index in [0.29, 0.717) is 16.8 Å². The summed E-state index contributed by atoms with van der Waals surface area (Å²) in [6.45, 7) is 6.42. The summed E-state index contributed by atoms with van der Waals surface area (Å²) >= 11 is 1.34. The Morgan fingerprint density at radius 2 is 2.00 bits per heavy atom. The minimum Gasteiger partial charge on any atom is -0.349 e. The Morgan fingerprint density at radius 1 is 1.27 bits per heavy atom. The van der Waals surface area contributed by atoms with Crippen molar-refractivity contribution in [3.8, 4) is 0 Å². The van der Waals surface area contributed by atoms with Gasteiger partial charge in [0.2, 0.25) is 5.91 Å². The molecule has 0 aliphatic rings. The van der Waals surface area contributed by atoms with Gasteiger partial charge in [-0.3, -0.25) is 9.89 Å². The van der Waals surface area contributed by atoms with Gasteiger partial charge in [0.05, 0.1) is 11.8 Å². The molecule has 2 N–H and O–H groups in total. The molecule has 0 saturated carbocycles. The number of thioether (sulfide) groups is 1. The second-order valence-corrected chi connectivity index (χ2v) is 6.67. The van der Waals surface area contributed by atoms with E-state index in [1.807, 2.05) is 6.92 Å². The van der Waals surface area contributed by atoms with Crippen LogP contribution >= 0.6 is 11.8 Å². The third-order valence-corrected chi connectivity index (χ3v) is 4.11. The number of amides is 1. The highest BCUT2D eigenvalue weighted by Gasteiger charge is 2.11. The topological polar surface area (TPSA) is 70.7 Å². The lowest BCUT2D eigenvalue weighted by molar-refractivity contribution is -0.119. The molecule has 0 saturated heterocycles. The molecule has 0 aliphatic carbocycles. The molecule has 2 aromatic rings. The van der Waals surface area contributed by atoms with Crippen molar-refractivity contribution in [2.24, 2.45) is 5.92 Å². The molecular formula is C16H22N4OS. The van der Waals surface area contributed by atoms with Gasteiger partial charge >= 0.3 is 0 Å². The van der Waals surface area contributed by atoms with Gasteiger partial charge in [-0.25, -0.2) is 4.98 Å². The average Bonchev–Trinajstić information content (AvgIpc) is 2.98. The highest BCUT2D eigenvalue weighted by atomic mass is 32.2. The fourth-order valence-electron chi connectivity index (χ4n) is 2.18. The lowest BCUT2D eigenvalue weighted by Gasteiger charge is -2.15. The van der Waals surface area contributed by atoms with Crippen molar-refractivity contribution in [2.45, 2.75) is 38.4 Å². The normalized spacial score (nSPS) is 12.4. The molecular weight excluding hydrogens is 296 g/mol. The van der Waals surface area contributed by atoms with Gasteiger partial charge in [-0.15, -0.1) is 0 Å². The van der Waals surface area contributed by atoms with Gasteiger partial charge in [0.15, 0.2) is 5.16 Å². The zero-order valence-corrected chi connectivity index (χ0v) is 14.0. The number of carbonyl (C=O) groups excluding carboxylic acids is 1. The molecule has 1 aromatic heterocycles. The molecule has 0 fully saturated rings. The summed E-state index contributed by atoms with van der Waals surface area (Å²) in [5.41, 5.74) is 2.45. The Labute approximate surface area is 135 Å². The molecule has 0 aliphatic heterocycles. The van der Waals surface area contributed by atoms with Gasteiger partial charge in [0.25, 0.3) is 0 Å². The van der Waals surface area contributed by atoms with E-state index in [4.69, 9.17) is 0 Å². The van der Waals surface area contributed by atoms with E-state index < -0.39 is 0 Å². The maximum absolute atomic E-state index is 11.9. The Bertz CT molecular complexity index is 581. The van der Waals surface area contributed by atoms with E-state index in [1.165, 1.54) is 23.7 Å². The van der Waals surface area contributed by atoms with E-state index in [0.717, 1.165) is 12.0 Å². The minimum atomic E-state index is -0.0137. The standard InChI is InChI=1S/C16H22N4OS/c1-11(2)8-13-4-6-14(7-5-13)12(3)19-15(21)9-22-16-17-10-18-20-16/h4-7,10-12H,8-9H2,1-3H3,(H,19,21)(H,17,18,20)/t12-/m0/s1. The van der Waals surface area contributed by atoms with Crippen molar-refractivity contribution in [2.75, 3.05) is 5.75 Å². The molecule has 5 nitrogen and oxygen atoms in total. The number of carbonyl (C=O) groups is 1. The van der Waals surface area contributed by atoms with Crippen LogP contribution in [-0.4, -0.2) is 26.8 Å². The second-order valence-electron chi connectivity index (χ2n) is 5.71. The summed E-state index contributed by atoms with van der Waals surface area (Å²) in [6.07, 6.45) is 2.51. The van der Waals surface area contributed by atoms with Crippen molar-refractivity contribution in [3.63, 3.8) is 0 Å². The van der Waals surface area contributed by atoms with Crippen molar-refractivity contribution in [1.82, 2.24) is 20.5 Å². The number of aromatic amines is 1. The zero-order chi connectivity index (χ0) is 15.9. The molecule has 118 valence electrons. The predicted molar refractivity (Wildman–Crippen MR) is 88.6 cm³/mol. The minimum absolute atomic E-state index is 0.00377. The fraction of sp³-hybridized carbons (Fsp3) is 0.438. The number of H-pyrrole nitrogens is 1. The van der Waals surface area contributed by atoms with E-state index in [9.17, 15) is 4.79 Å². The van der Waals surface area contributed by atoms with Crippen molar-refractivity contribution in [3.05, 3.63) is 41.7 Å². The van der Waals surface area contributed by atoms with E-state index >= 15 is 0 Å². The van der Waals surface area contributed by atoms with E-state index in [-0.39, 0.29) is 11.9 Å². The molecule has 1 amide bonds. The Kier molecular flexibility index (Phi) is 6.00. The first-order valence-electron chi connectivity index (χ1n) is 7.41. The molecule has 6 heteroatoms. The van der Waals surface area contributed by atoms with Gasteiger partial charge in [-0.2, -0.15) is 5.10 Å². The molecule has 1 heterocycles. The van der Waals surface area contributed by atoms with Crippen LogP contribution in [0.3, 0.4) is 0 Å². The number of aromatic nitrogens is 3. The number of rotatable bonds is 7. The van der Waals surface area contributed by atoms with Crippen molar-refractivity contribution >= 4 is 17.7 Å². The van der Waals surface area contributed by atoms with Crippen LogP contribution in [-0.2, 0) is 11.2 Å². The maximum Gasteiger partial charge on any atom is 0.230 e. The third kappa shape index (κ3) is 5.18. The molecule has 0 radical (unpaired) electrons. The van der Waals surface area contributed by atoms with Crippen LogP contribution in [0.25, 0.3) is 0 Å². The third-order valence-electron chi connectivity index (χ3n) is 3.23. The van der Waals surface area contributed by atoms with Crippen LogP contribution in [0.15, 0.2) is 35.7 Å². The molecule has 22 heavy (non-hydrogen) atoms. The van der Waals surface area contributed by atoms with E-state index in [2.05, 4.69) is 58.6 Å². The number of nitrogens with one attached hydrogen (secondary N) is 2. The highest BCUT2D eigenvalue weighted by Crippen LogP contribution is 2.16. The predicted octanol–water partition coefficient (Wildman–Crippen LogP) is 2.97. The molecule has 1 aromatic carbocycles. The summed E-state index contributed by atoms with van der Waals surface area (Å²) < 4.78 is 0. The van der Waals surface area contributed by atoms with Gasteiger partial charge in [-0.05, 0) is 30.4 Å². The second kappa shape index (κ2) is 7.98. The lowest BCUT2D eigenvalue weighted by atomic mass is 10.00. The van der Waals surface area contributed by atoms with E-state index in [1.54, 1.807) is 0 Å². The van der Waals surface area contributed by atoms with Gasteiger partial charge < -0.3 is 5.32 Å². The smallest absolute Gasteiger partial charge is 0.230 e. The number of hydrogen-bond donors (Lipinski definition) is 2. The molecule has 2 rings (SSSR count). The van der Waals surface area contributed by atoms with Crippen LogP contribution in [0.2, 0.25) is 0 Å². The first kappa shape index (κ1) is 16.5. The van der Waals surface area contributed by atoms with Crippen LogP contribution in [0.5, 0.6) is 0 Å². The summed E-state index contributed by atoms with van der Waals surface area (Å²) in [5, 5.41) is 10.1. The SMILES string of the molecule is CC(C)Cc1ccc([C@H](C)NC(=O)CSc2ncn[nH]2)cc1. The molecule has 0 bridgehead atoms. The number of hydrogen-bond acceptors (Lipinski definition) is 4. The van der Waals surface area contributed by atoms with Gasteiger partial charge in [0, 0.05) is 0 Å².